The van der Waals surface area contributed by atoms with Crippen molar-refractivity contribution in [3.05, 3.63) is 16.4 Å². The zero-order valence-corrected chi connectivity index (χ0v) is 11.7. The van der Waals surface area contributed by atoms with Crippen LogP contribution in [0.3, 0.4) is 0 Å². The fourth-order valence-corrected chi connectivity index (χ4v) is 2.62. The molecule has 1 saturated carbocycles. The average molecular weight is 256 g/mol. The minimum Gasteiger partial charge on any atom is -0.311 e. The third kappa shape index (κ3) is 3.02. The quantitative estimate of drug-likeness (QED) is 0.847. The summed E-state index contributed by atoms with van der Waals surface area (Å²) in [5.74, 6) is 1.74. The minimum atomic E-state index is 0.785. The topological polar surface area (TPSA) is 29.9 Å². The number of aromatic nitrogens is 2. The third-order valence-electron chi connectivity index (χ3n) is 3.69. The Morgan fingerprint density at radius 3 is 2.76 bits per heavy atom. The minimum absolute atomic E-state index is 0.785. The summed E-state index contributed by atoms with van der Waals surface area (Å²) in [7, 11) is 1.96. The molecule has 0 bridgehead atoms. The summed E-state index contributed by atoms with van der Waals surface area (Å²) in [4.78, 5) is 0. The fourth-order valence-electron chi connectivity index (χ4n) is 2.26. The Hall–Kier alpha value is -0.540. The standard InChI is InChI=1S/C13H22ClN3/c1-4-11-13(14)12(17(3)16-11)8-15-7-9(2)10-5-6-10/h9-10,15H,4-8H2,1-3H3. The normalized spacial score (nSPS) is 17.4. The highest BCUT2D eigenvalue weighted by Crippen LogP contribution is 2.36. The van der Waals surface area contributed by atoms with Gasteiger partial charge in [0.25, 0.3) is 0 Å². The summed E-state index contributed by atoms with van der Waals surface area (Å²) in [5, 5.41) is 8.75. The Morgan fingerprint density at radius 1 is 1.53 bits per heavy atom. The zero-order valence-electron chi connectivity index (χ0n) is 11.0. The molecule has 0 saturated heterocycles. The summed E-state index contributed by atoms with van der Waals surface area (Å²) >= 11 is 6.30. The van der Waals surface area contributed by atoms with Crippen LogP contribution >= 0.6 is 11.6 Å². The van der Waals surface area contributed by atoms with Crippen molar-refractivity contribution in [3.63, 3.8) is 0 Å². The molecule has 0 radical (unpaired) electrons. The van der Waals surface area contributed by atoms with Crippen molar-refractivity contribution in [2.45, 2.75) is 39.7 Å². The lowest BCUT2D eigenvalue weighted by atomic mass is 10.1. The highest BCUT2D eigenvalue weighted by Gasteiger charge is 2.27. The molecule has 1 unspecified atom stereocenters. The van der Waals surface area contributed by atoms with Gasteiger partial charge in [-0.3, -0.25) is 4.68 Å². The van der Waals surface area contributed by atoms with Crippen LogP contribution in [0.15, 0.2) is 0 Å². The number of nitrogens with one attached hydrogen (secondary N) is 1. The van der Waals surface area contributed by atoms with Crippen molar-refractivity contribution < 1.29 is 0 Å². The molecule has 3 nitrogen and oxygen atoms in total. The van der Waals surface area contributed by atoms with E-state index < -0.39 is 0 Å². The SMILES string of the molecule is CCc1nn(C)c(CNCC(C)C2CC2)c1Cl. The second kappa shape index (κ2) is 5.40. The van der Waals surface area contributed by atoms with Crippen molar-refractivity contribution in [1.29, 1.82) is 0 Å². The number of rotatable bonds is 6. The number of nitrogens with zero attached hydrogens (tertiary/aromatic N) is 2. The van der Waals surface area contributed by atoms with Crippen LogP contribution in [0.1, 0.15) is 38.1 Å². The van der Waals surface area contributed by atoms with Crippen LogP contribution in [-0.4, -0.2) is 16.3 Å². The Morgan fingerprint density at radius 2 is 2.24 bits per heavy atom. The maximum Gasteiger partial charge on any atom is 0.0863 e. The Labute approximate surface area is 109 Å². The van der Waals surface area contributed by atoms with E-state index in [1.807, 2.05) is 11.7 Å². The molecule has 1 aromatic heterocycles. The van der Waals surface area contributed by atoms with Crippen molar-refractivity contribution in [2.75, 3.05) is 6.54 Å². The summed E-state index contributed by atoms with van der Waals surface area (Å²) in [6.45, 7) is 6.31. The molecule has 1 aliphatic rings. The number of halogens is 1. The highest BCUT2D eigenvalue weighted by atomic mass is 35.5. The molecule has 1 atom stereocenters. The number of aryl methyl sites for hydroxylation is 2. The van der Waals surface area contributed by atoms with E-state index in [9.17, 15) is 0 Å². The van der Waals surface area contributed by atoms with Crippen molar-refractivity contribution in [2.24, 2.45) is 18.9 Å². The van der Waals surface area contributed by atoms with Crippen LogP contribution in [0.2, 0.25) is 5.02 Å². The lowest BCUT2D eigenvalue weighted by Crippen LogP contribution is -2.23. The van der Waals surface area contributed by atoms with Gasteiger partial charge in [0.2, 0.25) is 0 Å². The molecule has 17 heavy (non-hydrogen) atoms. The molecule has 0 spiro atoms. The first kappa shape index (κ1) is 12.9. The Balaban J connectivity index is 1.87. The van der Waals surface area contributed by atoms with Crippen molar-refractivity contribution >= 4 is 11.6 Å². The number of hydrogen-bond donors (Lipinski definition) is 1. The van der Waals surface area contributed by atoms with Crippen molar-refractivity contribution in [1.82, 2.24) is 15.1 Å². The van der Waals surface area contributed by atoms with Gasteiger partial charge < -0.3 is 5.32 Å². The smallest absolute Gasteiger partial charge is 0.0863 e. The molecule has 1 aliphatic carbocycles. The summed E-state index contributed by atoms with van der Waals surface area (Å²) in [6.07, 6.45) is 3.72. The summed E-state index contributed by atoms with van der Waals surface area (Å²) in [5.41, 5.74) is 2.10. The van der Waals surface area contributed by atoms with E-state index in [4.69, 9.17) is 11.6 Å². The van der Waals surface area contributed by atoms with Gasteiger partial charge in [-0.25, -0.2) is 0 Å². The fraction of sp³-hybridized carbons (Fsp3) is 0.769. The maximum atomic E-state index is 6.30. The van der Waals surface area contributed by atoms with Crippen LogP contribution in [0.4, 0.5) is 0 Å². The molecule has 1 aromatic rings. The first-order valence-electron chi connectivity index (χ1n) is 6.54. The lowest BCUT2D eigenvalue weighted by Gasteiger charge is -2.11. The van der Waals surface area contributed by atoms with Gasteiger partial charge in [-0.1, -0.05) is 25.4 Å². The first-order valence-corrected chi connectivity index (χ1v) is 6.92. The van der Waals surface area contributed by atoms with Crippen LogP contribution in [0.5, 0.6) is 0 Å². The molecule has 0 amide bonds. The molecule has 0 aliphatic heterocycles. The summed E-state index contributed by atoms with van der Waals surface area (Å²) < 4.78 is 1.90. The van der Waals surface area contributed by atoms with E-state index >= 15 is 0 Å². The van der Waals surface area contributed by atoms with Crippen molar-refractivity contribution in [3.8, 4) is 0 Å². The predicted octanol–water partition coefficient (Wildman–Crippen LogP) is 2.77. The predicted molar refractivity (Wildman–Crippen MR) is 71.2 cm³/mol. The number of hydrogen-bond acceptors (Lipinski definition) is 2. The molecule has 1 heterocycles. The van der Waals surface area contributed by atoms with E-state index in [-0.39, 0.29) is 0 Å². The third-order valence-corrected chi connectivity index (χ3v) is 4.12. The molecular formula is C13H22ClN3. The van der Waals surface area contributed by atoms with Gasteiger partial charge >= 0.3 is 0 Å². The molecule has 2 rings (SSSR count). The van der Waals surface area contributed by atoms with Gasteiger partial charge in [-0.2, -0.15) is 5.10 Å². The van der Waals surface area contributed by atoms with E-state index in [1.54, 1.807) is 0 Å². The highest BCUT2D eigenvalue weighted by molar-refractivity contribution is 6.31. The maximum absolute atomic E-state index is 6.30. The zero-order chi connectivity index (χ0) is 12.4. The first-order chi connectivity index (χ1) is 8.13. The Bertz CT molecular complexity index is 382. The van der Waals surface area contributed by atoms with Crippen LogP contribution in [0.25, 0.3) is 0 Å². The van der Waals surface area contributed by atoms with Gasteiger partial charge in [0.05, 0.1) is 16.4 Å². The van der Waals surface area contributed by atoms with Gasteiger partial charge in [-0.15, -0.1) is 0 Å². The molecule has 1 N–H and O–H groups in total. The molecule has 1 fully saturated rings. The second-order valence-electron chi connectivity index (χ2n) is 5.13. The van der Waals surface area contributed by atoms with E-state index in [0.717, 1.165) is 47.8 Å². The van der Waals surface area contributed by atoms with Gasteiger partial charge in [0.1, 0.15) is 0 Å². The van der Waals surface area contributed by atoms with E-state index in [0.29, 0.717) is 0 Å². The van der Waals surface area contributed by atoms with Gasteiger partial charge in [-0.05, 0) is 37.6 Å². The summed E-state index contributed by atoms with van der Waals surface area (Å²) in [6, 6.07) is 0. The average Bonchev–Trinajstić information content (AvgIpc) is 3.10. The van der Waals surface area contributed by atoms with Gasteiger partial charge in [0, 0.05) is 13.6 Å². The lowest BCUT2D eigenvalue weighted by molar-refractivity contribution is 0.456. The molecule has 4 heteroatoms. The second-order valence-corrected chi connectivity index (χ2v) is 5.51. The molecule has 0 aromatic carbocycles. The van der Waals surface area contributed by atoms with Gasteiger partial charge in [0.15, 0.2) is 0 Å². The van der Waals surface area contributed by atoms with E-state index in [2.05, 4.69) is 24.3 Å². The molecule has 96 valence electrons. The monoisotopic (exact) mass is 255 g/mol. The van der Waals surface area contributed by atoms with Crippen LogP contribution in [-0.2, 0) is 20.0 Å². The van der Waals surface area contributed by atoms with Crippen LogP contribution < -0.4 is 5.32 Å². The Kier molecular flexibility index (Phi) is 4.10. The molecular weight excluding hydrogens is 234 g/mol. The largest absolute Gasteiger partial charge is 0.311 e. The van der Waals surface area contributed by atoms with E-state index in [1.165, 1.54) is 12.8 Å². The van der Waals surface area contributed by atoms with Crippen LogP contribution in [0, 0.1) is 11.8 Å².